The molecule has 2 aliphatic carbocycles. The van der Waals surface area contributed by atoms with Crippen LogP contribution in [-0.2, 0) is 16.0 Å². The van der Waals surface area contributed by atoms with Gasteiger partial charge in [0.15, 0.2) is 5.78 Å². The predicted octanol–water partition coefficient (Wildman–Crippen LogP) is 9.72. The van der Waals surface area contributed by atoms with E-state index in [-0.39, 0.29) is 41.5 Å². The van der Waals surface area contributed by atoms with Crippen molar-refractivity contribution >= 4 is 28.5 Å². The molecule has 0 bridgehead atoms. The number of aryl methyl sites for hydroxylation is 1. The Balaban J connectivity index is 0.00000147. The second-order valence-corrected chi connectivity index (χ2v) is 12.2. The molecule has 41 heavy (non-hydrogen) atoms. The fourth-order valence-corrected chi connectivity index (χ4v) is 6.75. The van der Waals surface area contributed by atoms with Crippen LogP contribution in [0.3, 0.4) is 0 Å². The van der Waals surface area contributed by atoms with Gasteiger partial charge in [0.25, 0.3) is 0 Å². The van der Waals surface area contributed by atoms with Crippen molar-refractivity contribution < 1.29 is 14.4 Å². The van der Waals surface area contributed by atoms with E-state index in [4.69, 9.17) is 0 Å². The number of rotatable bonds is 11. The van der Waals surface area contributed by atoms with Gasteiger partial charge in [0.2, 0.25) is 0 Å². The SMILES string of the molecule is CCC.CCCC(CC1CC(=O)c2c(ccc(C3=CC=C(c4ccc(C)cc4)C3)c2C)C1)C(CC)C(=O)CC(C)=O. The highest BCUT2D eigenvalue weighted by atomic mass is 16.1. The Morgan fingerprint density at radius 3 is 2.17 bits per heavy atom. The lowest BCUT2D eigenvalue weighted by molar-refractivity contribution is -0.129. The topological polar surface area (TPSA) is 51.2 Å². The first-order chi connectivity index (χ1) is 19.6. The highest BCUT2D eigenvalue weighted by Crippen LogP contribution is 2.40. The quantitative estimate of drug-likeness (QED) is 0.260. The summed E-state index contributed by atoms with van der Waals surface area (Å²) in [4.78, 5) is 38.0. The molecule has 3 unspecified atom stereocenters. The lowest BCUT2D eigenvalue weighted by Gasteiger charge is -2.32. The van der Waals surface area contributed by atoms with Gasteiger partial charge >= 0.3 is 0 Å². The highest BCUT2D eigenvalue weighted by molar-refractivity contribution is 6.02. The predicted molar refractivity (Wildman–Crippen MR) is 172 cm³/mol. The van der Waals surface area contributed by atoms with Crippen LogP contribution in [-0.4, -0.2) is 17.3 Å². The Labute approximate surface area is 248 Å². The number of allylic oxidation sites excluding steroid dienone is 4. The summed E-state index contributed by atoms with van der Waals surface area (Å²) in [6.07, 6.45) is 11.6. The van der Waals surface area contributed by atoms with Crippen molar-refractivity contribution in [2.24, 2.45) is 17.8 Å². The first kappa shape index (κ1) is 32.4. The lowest BCUT2D eigenvalue weighted by atomic mass is 9.71. The lowest BCUT2D eigenvalue weighted by Crippen LogP contribution is -2.30. The van der Waals surface area contributed by atoms with E-state index in [0.717, 1.165) is 55.2 Å². The number of hydrogen-bond acceptors (Lipinski definition) is 3. The molecule has 3 atom stereocenters. The standard InChI is InChI=1S/C35H42O3.C3H8/c1-6-8-28(31(7-2)33(37)17-23(4)36)18-25-19-30-15-16-32(24(5)35(30)34(38)20-25)29-14-13-27(21-29)26-11-9-22(3)10-12-26;1-3-2/h9-16,25,28,31H,6-8,17-21H2,1-5H3;3H2,1-2H3. The van der Waals surface area contributed by atoms with Crippen LogP contribution in [0, 0.1) is 31.6 Å². The Hall–Kier alpha value is -3.07. The van der Waals surface area contributed by atoms with Gasteiger partial charge < -0.3 is 0 Å². The Bertz CT molecular complexity index is 1290. The molecule has 3 nitrogen and oxygen atoms in total. The average Bonchev–Trinajstić information content (AvgIpc) is 3.39. The van der Waals surface area contributed by atoms with Crippen LogP contribution in [0.25, 0.3) is 11.1 Å². The number of benzene rings is 2. The maximum Gasteiger partial charge on any atom is 0.163 e. The molecule has 0 saturated heterocycles. The van der Waals surface area contributed by atoms with Crippen LogP contribution in [0.2, 0.25) is 0 Å². The molecule has 2 aliphatic rings. The van der Waals surface area contributed by atoms with E-state index in [2.05, 4.69) is 83.2 Å². The molecular formula is C38H50O3. The molecule has 0 N–H and O–H groups in total. The normalized spacial score (nSPS) is 17.5. The van der Waals surface area contributed by atoms with Crippen LogP contribution in [0.1, 0.15) is 124 Å². The minimum absolute atomic E-state index is 0.0312. The number of ketones is 3. The Morgan fingerprint density at radius 2 is 1.56 bits per heavy atom. The van der Waals surface area contributed by atoms with Crippen LogP contribution in [0.15, 0.2) is 48.6 Å². The summed E-state index contributed by atoms with van der Waals surface area (Å²) in [5.74, 6) is 0.631. The van der Waals surface area contributed by atoms with E-state index in [1.807, 2.05) is 6.92 Å². The van der Waals surface area contributed by atoms with Crippen molar-refractivity contribution in [3.8, 4) is 0 Å². The molecule has 0 aliphatic heterocycles. The van der Waals surface area contributed by atoms with E-state index in [1.54, 1.807) is 0 Å². The third-order valence-corrected chi connectivity index (χ3v) is 8.59. The average molecular weight is 555 g/mol. The molecule has 0 spiro atoms. The van der Waals surface area contributed by atoms with Gasteiger partial charge in [-0.3, -0.25) is 14.4 Å². The van der Waals surface area contributed by atoms with Gasteiger partial charge in [-0.15, -0.1) is 0 Å². The summed E-state index contributed by atoms with van der Waals surface area (Å²) in [6.45, 7) is 14.2. The minimum Gasteiger partial charge on any atom is -0.300 e. The second-order valence-electron chi connectivity index (χ2n) is 12.2. The first-order valence-corrected chi connectivity index (χ1v) is 15.8. The molecular weight excluding hydrogens is 504 g/mol. The van der Waals surface area contributed by atoms with E-state index in [0.29, 0.717) is 6.42 Å². The van der Waals surface area contributed by atoms with Gasteiger partial charge in [-0.2, -0.15) is 0 Å². The molecule has 220 valence electrons. The van der Waals surface area contributed by atoms with Crippen LogP contribution >= 0.6 is 0 Å². The summed E-state index contributed by atoms with van der Waals surface area (Å²) in [5.41, 5.74) is 9.44. The van der Waals surface area contributed by atoms with Crippen molar-refractivity contribution in [2.45, 2.75) is 106 Å². The van der Waals surface area contributed by atoms with Gasteiger partial charge in [0, 0.05) is 17.9 Å². The van der Waals surface area contributed by atoms with Crippen molar-refractivity contribution in [1.82, 2.24) is 0 Å². The third-order valence-electron chi connectivity index (χ3n) is 8.59. The molecule has 0 saturated carbocycles. The molecule has 0 amide bonds. The molecule has 2 aromatic carbocycles. The van der Waals surface area contributed by atoms with Gasteiger partial charge in [-0.25, -0.2) is 0 Å². The molecule has 0 radical (unpaired) electrons. The second kappa shape index (κ2) is 15.2. The van der Waals surface area contributed by atoms with Crippen LogP contribution in [0.4, 0.5) is 0 Å². The first-order valence-electron chi connectivity index (χ1n) is 15.8. The summed E-state index contributed by atoms with van der Waals surface area (Å²) in [5, 5.41) is 0. The molecule has 0 heterocycles. The van der Waals surface area contributed by atoms with Gasteiger partial charge in [-0.05, 0) is 91.7 Å². The number of Topliss-reactive ketones (excluding diaryl/α,β-unsaturated/α-hetero) is 3. The van der Waals surface area contributed by atoms with Gasteiger partial charge in [0.1, 0.15) is 11.6 Å². The number of carbonyl (C=O) groups is 3. The van der Waals surface area contributed by atoms with E-state index < -0.39 is 0 Å². The number of hydrogen-bond donors (Lipinski definition) is 0. The van der Waals surface area contributed by atoms with Crippen LogP contribution in [0.5, 0.6) is 0 Å². The van der Waals surface area contributed by atoms with Crippen molar-refractivity contribution in [2.75, 3.05) is 0 Å². The van der Waals surface area contributed by atoms with Crippen molar-refractivity contribution in [3.05, 3.63) is 81.9 Å². The molecule has 4 rings (SSSR count). The van der Waals surface area contributed by atoms with Crippen molar-refractivity contribution in [1.29, 1.82) is 0 Å². The van der Waals surface area contributed by atoms with Crippen molar-refractivity contribution in [3.63, 3.8) is 0 Å². The van der Waals surface area contributed by atoms with E-state index in [1.165, 1.54) is 41.2 Å². The van der Waals surface area contributed by atoms with Gasteiger partial charge in [0.05, 0.1) is 6.42 Å². The fourth-order valence-electron chi connectivity index (χ4n) is 6.75. The molecule has 3 heteroatoms. The highest BCUT2D eigenvalue weighted by Gasteiger charge is 2.33. The third kappa shape index (κ3) is 8.24. The summed E-state index contributed by atoms with van der Waals surface area (Å²) in [6, 6.07) is 13.0. The zero-order valence-electron chi connectivity index (χ0n) is 26.4. The largest absolute Gasteiger partial charge is 0.300 e. The minimum atomic E-state index is -0.0935. The monoisotopic (exact) mass is 554 g/mol. The maximum absolute atomic E-state index is 13.5. The molecule has 0 aromatic heterocycles. The number of carbonyl (C=O) groups excluding carboxylic acids is 3. The summed E-state index contributed by atoms with van der Waals surface area (Å²) in [7, 11) is 0. The zero-order valence-corrected chi connectivity index (χ0v) is 26.4. The molecule has 2 aromatic rings. The van der Waals surface area contributed by atoms with Crippen LogP contribution < -0.4 is 0 Å². The van der Waals surface area contributed by atoms with Gasteiger partial charge in [-0.1, -0.05) is 101 Å². The Morgan fingerprint density at radius 1 is 0.902 bits per heavy atom. The smallest absolute Gasteiger partial charge is 0.163 e. The van der Waals surface area contributed by atoms with E-state index in [9.17, 15) is 14.4 Å². The summed E-state index contributed by atoms with van der Waals surface area (Å²) < 4.78 is 0. The fraction of sp³-hybridized carbons (Fsp3) is 0.500. The maximum atomic E-state index is 13.5. The zero-order chi connectivity index (χ0) is 30.1. The number of fused-ring (bicyclic) bond motifs is 1. The Kier molecular flexibility index (Phi) is 12.1. The molecule has 0 fully saturated rings. The van der Waals surface area contributed by atoms with E-state index >= 15 is 0 Å². The summed E-state index contributed by atoms with van der Waals surface area (Å²) >= 11 is 0.